The molecule has 4 heterocycles. The van der Waals surface area contributed by atoms with Crippen LogP contribution < -0.4 is 10.1 Å². The number of fused-ring (bicyclic) bond motifs is 5. The van der Waals surface area contributed by atoms with Gasteiger partial charge in [0.05, 0.1) is 25.3 Å². The highest BCUT2D eigenvalue weighted by Gasteiger charge is 2.35. The van der Waals surface area contributed by atoms with Gasteiger partial charge in [-0.05, 0) is 80.7 Å². The van der Waals surface area contributed by atoms with Crippen molar-refractivity contribution in [2.24, 2.45) is 0 Å². The Morgan fingerprint density at radius 2 is 1.87 bits per heavy atom. The number of carbonyl (C=O) groups excluding carboxylic acids is 3. The maximum Gasteiger partial charge on any atom is 0.289 e. The van der Waals surface area contributed by atoms with E-state index in [9.17, 15) is 14.4 Å². The predicted molar refractivity (Wildman–Crippen MR) is 168 cm³/mol. The highest BCUT2D eigenvalue weighted by atomic mass is 16.5. The van der Waals surface area contributed by atoms with Gasteiger partial charge < -0.3 is 29.0 Å². The Hall–Kier alpha value is -4.15. The smallest absolute Gasteiger partial charge is 0.289 e. The number of likely N-dealkylation sites (N-methyl/N-ethyl adjacent to an activating group) is 1. The van der Waals surface area contributed by atoms with E-state index in [1.54, 1.807) is 24.1 Å². The van der Waals surface area contributed by atoms with Crippen LogP contribution in [0.1, 0.15) is 69.5 Å². The van der Waals surface area contributed by atoms with Crippen LogP contribution in [0, 0.1) is 6.92 Å². The SMILES string of the molecule is CCc1oc(C(=O)N2CC[C@H]3OCc4cccc(c4)Oc4cc(ccc4C)C(=O)N(C)CC(=O)N[C@H]3C2)cc1CN1CCCC1. The topological polar surface area (TPSA) is 105 Å². The Balaban J connectivity index is 1.22. The van der Waals surface area contributed by atoms with Gasteiger partial charge in [0.2, 0.25) is 5.91 Å². The van der Waals surface area contributed by atoms with Gasteiger partial charge in [-0.1, -0.05) is 25.1 Å². The normalized spacial score (nSPS) is 21.3. The average molecular weight is 615 g/mol. The lowest BCUT2D eigenvalue weighted by Gasteiger charge is -2.38. The van der Waals surface area contributed by atoms with Crippen LogP contribution in [0.25, 0.3) is 0 Å². The van der Waals surface area contributed by atoms with Gasteiger partial charge >= 0.3 is 0 Å². The summed E-state index contributed by atoms with van der Waals surface area (Å²) in [5.74, 6) is 1.59. The number of hydrogen-bond donors (Lipinski definition) is 1. The van der Waals surface area contributed by atoms with Gasteiger partial charge in [-0.15, -0.1) is 0 Å². The molecule has 3 aliphatic heterocycles. The number of furan rings is 1. The third-order valence-electron chi connectivity index (χ3n) is 8.96. The molecule has 0 radical (unpaired) electrons. The zero-order valence-electron chi connectivity index (χ0n) is 26.3. The second kappa shape index (κ2) is 13.5. The summed E-state index contributed by atoms with van der Waals surface area (Å²) in [7, 11) is 1.60. The molecule has 3 aromatic rings. The van der Waals surface area contributed by atoms with E-state index in [1.807, 2.05) is 50.2 Å². The molecule has 2 saturated heterocycles. The van der Waals surface area contributed by atoms with E-state index in [4.69, 9.17) is 13.9 Å². The van der Waals surface area contributed by atoms with Crippen LogP contribution in [0.5, 0.6) is 11.5 Å². The highest BCUT2D eigenvalue weighted by Crippen LogP contribution is 2.29. The Bertz CT molecular complexity index is 1560. The molecular formula is C35H42N4O6. The molecule has 3 aliphatic rings. The van der Waals surface area contributed by atoms with Crippen molar-refractivity contribution in [3.63, 3.8) is 0 Å². The minimum absolute atomic E-state index is 0.142. The first-order chi connectivity index (χ1) is 21.8. The van der Waals surface area contributed by atoms with Gasteiger partial charge in [-0.25, -0.2) is 0 Å². The van der Waals surface area contributed by atoms with E-state index in [0.717, 1.165) is 42.1 Å². The third kappa shape index (κ3) is 7.07. The van der Waals surface area contributed by atoms with E-state index in [1.165, 1.54) is 17.7 Å². The second-order valence-corrected chi connectivity index (χ2v) is 12.4. The summed E-state index contributed by atoms with van der Waals surface area (Å²) in [4.78, 5) is 45.8. The zero-order valence-corrected chi connectivity index (χ0v) is 26.3. The monoisotopic (exact) mass is 614 g/mol. The van der Waals surface area contributed by atoms with Crippen LogP contribution in [0.3, 0.4) is 0 Å². The van der Waals surface area contributed by atoms with Gasteiger partial charge in [0.1, 0.15) is 17.3 Å². The van der Waals surface area contributed by atoms with Gasteiger partial charge in [0.25, 0.3) is 11.8 Å². The van der Waals surface area contributed by atoms with Gasteiger partial charge in [-0.3, -0.25) is 19.3 Å². The van der Waals surface area contributed by atoms with Gasteiger partial charge in [-0.2, -0.15) is 0 Å². The van der Waals surface area contributed by atoms with Crippen LogP contribution in [-0.4, -0.2) is 84.3 Å². The summed E-state index contributed by atoms with van der Waals surface area (Å²) >= 11 is 0. The van der Waals surface area contributed by atoms with Crippen molar-refractivity contribution in [1.82, 2.24) is 20.0 Å². The fourth-order valence-electron chi connectivity index (χ4n) is 6.43. The standard InChI is InChI=1S/C35H42N4O6/c1-4-29-26(19-38-13-5-6-14-38)18-32(45-29)35(42)39-15-12-30-28(20-39)36-33(40)21-37(3)34(41)25-11-10-23(2)31(17-25)44-27-9-7-8-24(16-27)22-43-30/h7-11,16-18,28,30H,4-6,12-15,19-22H2,1-3H3,(H,36,40)/t28-,30+/m0/s1. The number of aryl methyl sites for hydroxylation is 2. The predicted octanol–water partition coefficient (Wildman–Crippen LogP) is 4.54. The molecule has 0 saturated carbocycles. The van der Waals surface area contributed by atoms with E-state index in [0.29, 0.717) is 48.8 Å². The number of rotatable bonds is 4. The number of nitrogens with one attached hydrogen (secondary N) is 1. The molecule has 10 nitrogen and oxygen atoms in total. The van der Waals surface area contributed by atoms with Gasteiger partial charge in [0, 0.05) is 44.2 Å². The Labute approximate surface area is 264 Å². The molecule has 0 aliphatic carbocycles. The number of amides is 3. The molecule has 1 aromatic heterocycles. The lowest BCUT2D eigenvalue weighted by molar-refractivity contribution is -0.124. The van der Waals surface area contributed by atoms with E-state index in [2.05, 4.69) is 10.2 Å². The lowest BCUT2D eigenvalue weighted by atomic mass is 10.0. The molecule has 2 fully saturated rings. The van der Waals surface area contributed by atoms with Crippen molar-refractivity contribution in [3.8, 4) is 11.5 Å². The number of likely N-dealkylation sites (tertiary alicyclic amines) is 2. The molecule has 45 heavy (non-hydrogen) atoms. The number of carbonyl (C=O) groups is 3. The molecule has 3 amide bonds. The molecule has 1 N–H and O–H groups in total. The van der Waals surface area contributed by atoms with Crippen molar-refractivity contribution in [2.75, 3.05) is 39.8 Å². The largest absolute Gasteiger partial charge is 0.457 e. The number of benzene rings is 2. The minimum atomic E-state index is -0.471. The van der Waals surface area contributed by atoms with E-state index < -0.39 is 6.04 Å². The number of nitrogens with zero attached hydrogens (tertiary/aromatic N) is 3. The lowest BCUT2D eigenvalue weighted by Crippen LogP contribution is -2.58. The molecule has 6 rings (SSSR count). The van der Waals surface area contributed by atoms with Crippen LogP contribution in [0.15, 0.2) is 52.9 Å². The molecule has 0 unspecified atom stereocenters. The quantitative estimate of drug-likeness (QED) is 0.460. The second-order valence-electron chi connectivity index (χ2n) is 12.4. The number of ether oxygens (including phenoxy) is 2. The van der Waals surface area contributed by atoms with Gasteiger partial charge in [0.15, 0.2) is 5.76 Å². The summed E-state index contributed by atoms with van der Waals surface area (Å²) in [6.07, 6.45) is 3.32. The first-order valence-corrected chi connectivity index (χ1v) is 15.9. The zero-order chi connectivity index (χ0) is 31.5. The molecule has 10 heteroatoms. The Morgan fingerprint density at radius 3 is 2.67 bits per heavy atom. The van der Waals surface area contributed by atoms with E-state index in [-0.39, 0.29) is 36.9 Å². The van der Waals surface area contributed by atoms with Crippen LogP contribution in [0.2, 0.25) is 0 Å². The highest BCUT2D eigenvalue weighted by molar-refractivity contribution is 5.97. The maximum absolute atomic E-state index is 13.7. The molecular weight excluding hydrogens is 572 g/mol. The minimum Gasteiger partial charge on any atom is -0.457 e. The summed E-state index contributed by atoms with van der Waals surface area (Å²) in [6.45, 7) is 7.79. The van der Waals surface area contributed by atoms with Crippen LogP contribution >= 0.6 is 0 Å². The van der Waals surface area contributed by atoms with Crippen LogP contribution in [-0.2, 0) is 29.1 Å². The van der Waals surface area contributed by atoms with Crippen molar-refractivity contribution in [3.05, 3.63) is 82.3 Å². The summed E-state index contributed by atoms with van der Waals surface area (Å²) < 4.78 is 18.6. The maximum atomic E-state index is 13.7. The first-order valence-electron chi connectivity index (χ1n) is 15.9. The molecule has 2 atom stereocenters. The number of hydrogen-bond acceptors (Lipinski definition) is 7. The molecule has 4 bridgehead atoms. The van der Waals surface area contributed by atoms with Crippen molar-refractivity contribution >= 4 is 17.7 Å². The third-order valence-corrected chi connectivity index (χ3v) is 8.96. The van der Waals surface area contributed by atoms with Crippen LogP contribution in [0.4, 0.5) is 0 Å². The first kappa shape index (κ1) is 30.9. The summed E-state index contributed by atoms with van der Waals surface area (Å²) in [5, 5.41) is 3.07. The fourth-order valence-corrected chi connectivity index (χ4v) is 6.43. The summed E-state index contributed by atoms with van der Waals surface area (Å²) in [5.41, 5.74) is 3.31. The van der Waals surface area contributed by atoms with E-state index >= 15 is 0 Å². The van der Waals surface area contributed by atoms with Crippen molar-refractivity contribution in [1.29, 1.82) is 0 Å². The Kier molecular flexibility index (Phi) is 9.23. The van der Waals surface area contributed by atoms with Crippen molar-refractivity contribution < 1.29 is 28.3 Å². The fraction of sp³-hybridized carbons (Fsp3) is 0.457. The van der Waals surface area contributed by atoms with Crippen molar-refractivity contribution in [2.45, 2.75) is 64.8 Å². The molecule has 238 valence electrons. The average Bonchev–Trinajstić information content (AvgIpc) is 3.70. The molecule has 0 spiro atoms. The summed E-state index contributed by atoms with van der Waals surface area (Å²) in [6, 6.07) is 14.4. The number of piperidine rings is 1. The molecule has 2 aromatic carbocycles. The Morgan fingerprint density at radius 1 is 1.04 bits per heavy atom.